The predicted molar refractivity (Wildman–Crippen MR) is 358 cm³/mol. The summed E-state index contributed by atoms with van der Waals surface area (Å²) in [6, 6.07) is 34.3. The summed E-state index contributed by atoms with van der Waals surface area (Å²) in [5, 5.41) is 38.0. The second kappa shape index (κ2) is 24.0. The lowest BCUT2D eigenvalue weighted by Crippen LogP contribution is -2.58. The summed E-state index contributed by atoms with van der Waals surface area (Å²) in [6.07, 6.45) is 11.9. The van der Waals surface area contributed by atoms with Gasteiger partial charge in [0.2, 0.25) is 17.2 Å². The number of benzene rings is 6. The van der Waals surface area contributed by atoms with E-state index in [0.717, 1.165) is 33.8 Å². The second-order valence-electron chi connectivity index (χ2n) is 27.0. The number of nitro benzene ring substituents is 3. The molecule has 0 aromatic heterocycles. The summed E-state index contributed by atoms with van der Waals surface area (Å²) < 4.78 is 41.4. The van der Waals surface area contributed by atoms with Crippen molar-refractivity contribution < 1.29 is 43.2 Å². The highest BCUT2D eigenvalue weighted by Gasteiger charge is 2.60. The molecule has 7 aliphatic heterocycles. The van der Waals surface area contributed by atoms with Gasteiger partial charge in [0.05, 0.1) is 70.7 Å². The molecule has 7 aliphatic rings. The average Bonchev–Trinajstić information content (AvgIpc) is 1.58. The summed E-state index contributed by atoms with van der Waals surface area (Å²) in [5.74, 6) is 1.69. The topological polar surface area (TPSA) is 204 Å². The Morgan fingerprint density at radius 2 is 0.634 bits per heavy atom. The maximum atomic E-state index is 12.7. The van der Waals surface area contributed by atoms with Crippen LogP contribution in [-0.4, -0.2) is 147 Å². The van der Waals surface area contributed by atoms with Crippen molar-refractivity contribution in [3.05, 3.63) is 208 Å². The normalized spacial score (nSPS) is 24.0. The molecule has 3 unspecified atom stereocenters. The van der Waals surface area contributed by atoms with E-state index in [1.54, 1.807) is 36.4 Å². The van der Waals surface area contributed by atoms with Crippen LogP contribution in [0.4, 0.5) is 34.1 Å². The van der Waals surface area contributed by atoms with Gasteiger partial charge in [-0.15, -0.1) is 0 Å². The van der Waals surface area contributed by atoms with Gasteiger partial charge < -0.3 is 43.1 Å². The van der Waals surface area contributed by atoms with Crippen molar-refractivity contribution in [3.63, 3.8) is 0 Å². The third-order valence-corrected chi connectivity index (χ3v) is 20.9. The summed E-state index contributed by atoms with van der Waals surface area (Å²) >= 11 is 0. The second-order valence-corrected chi connectivity index (χ2v) is 27.0. The van der Waals surface area contributed by atoms with Gasteiger partial charge in [0.25, 0.3) is 17.1 Å². The third-order valence-electron chi connectivity index (χ3n) is 20.9. The number of anilines is 3. The first-order valence-electron chi connectivity index (χ1n) is 32.0. The molecule has 0 bridgehead atoms. The minimum Gasteiger partial charge on any atom is -0.462 e. The van der Waals surface area contributed by atoms with Crippen molar-refractivity contribution in [2.24, 2.45) is 0 Å². The maximum absolute atomic E-state index is 12.7. The molecule has 13 rings (SSSR count). The lowest BCUT2D eigenvalue weighted by Gasteiger charge is -2.46. The number of para-hydroxylation sites is 3. The van der Waals surface area contributed by atoms with Crippen LogP contribution in [0, 0.1) is 30.3 Å². The van der Waals surface area contributed by atoms with E-state index in [4.69, 9.17) is 28.4 Å². The van der Waals surface area contributed by atoms with Crippen LogP contribution < -0.4 is 28.9 Å². The molecule has 3 atom stereocenters. The zero-order valence-corrected chi connectivity index (χ0v) is 54.4. The minimum atomic E-state index is -0.940. The number of ether oxygens (including phenoxy) is 6. The third kappa shape index (κ3) is 10.6. The molecule has 21 heteroatoms. The van der Waals surface area contributed by atoms with E-state index >= 15 is 0 Å². The maximum Gasteiger partial charge on any atom is 0.270 e. The quantitative estimate of drug-likeness (QED) is 0.0975. The fraction of sp³-hybridized carbons (Fsp3) is 0.417. The van der Waals surface area contributed by atoms with Gasteiger partial charge in [-0.25, -0.2) is 0 Å². The molecule has 0 aliphatic carbocycles. The molecular formula is C72H81N9O12. The molecule has 0 radical (unpaired) electrons. The van der Waals surface area contributed by atoms with Gasteiger partial charge in [-0.1, -0.05) is 54.6 Å². The van der Waals surface area contributed by atoms with Crippen LogP contribution in [0.3, 0.4) is 0 Å². The van der Waals surface area contributed by atoms with Crippen LogP contribution in [0.5, 0.6) is 17.2 Å². The number of nitrogens with zero attached hydrogens (tertiary/aromatic N) is 9. The van der Waals surface area contributed by atoms with Gasteiger partial charge in [-0.3, -0.25) is 45.0 Å². The number of nitro groups is 3. The van der Waals surface area contributed by atoms with E-state index in [0.29, 0.717) is 130 Å². The zero-order valence-electron chi connectivity index (χ0n) is 54.4. The Morgan fingerprint density at radius 1 is 0.387 bits per heavy atom. The average molecular weight is 1260 g/mol. The Balaban J connectivity index is 0.804. The Hall–Kier alpha value is -8.70. The number of likely N-dealkylation sites (N-methyl/N-ethyl adjacent to an activating group) is 3. The van der Waals surface area contributed by atoms with Crippen LogP contribution in [0.1, 0.15) is 91.6 Å². The van der Waals surface area contributed by atoms with E-state index in [1.807, 2.05) is 94.0 Å². The first kappa shape index (κ1) is 63.1. The standard InChI is InChI=1S/C72H81N9O12/c1-67(2)58-16-10-13-19-61(58)73(7)70(67)25-22-49-40-55(79(82)83)43-52(64(49)91-70)46-76-28-34-88-36-30-77(47-53-44-56(80(84)85)41-50-23-26-71(92-65(50)53)68(3,4)59-17-11-14-20-62(59)74(71)8)32-38-90-39-33-78(31-37-89-35-29-76)48-54-45-57(81(86)87)42-51-24-27-72(93-66(51)54)69(5,6)60-18-12-15-21-63(60)75(72)9/h10-27,40-45H,28-39,46-48H2,1-9H3. The summed E-state index contributed by atoms with van der Waals surface area (Å²) in [6.45, 7) is 18.1. The zero-order chi connectivity index (χ0) is 65.4. The van der Waals surface area contributed by atoms with Crippen LogP contribution in [0.2, 0.25) is 0 Å². The van der Waals surface area contributed by atoms with E-state index in [1.165, 1.54) is 0 Å². The van der Waals surface area contributed by atoms with Gasteiger partial charge in [0, 0.05) is 167 Å². The Morgan fingerprint density at radius 3 is 0.871 bits per heavy atom. The van der Waals surface area contributed by atoms with Crippen molar-refractivity contribution in [1.82, 2.24) is 14.7 Å². The number of hydrogen-bond acceptors (Lipinski definition) is 18. The molecular weight excluding hydrogens is 1180 g/mol. The van der Waals surface area contributed by atoms with Crippen molar-refractivity contribution in [2.45, 2.75) is 94.6 Å². The molecule has 93 heavy (non-hydrogen) atoms. The fourth-order valence-corrected chi connectivity index (χ4v) is 15.5. The smallest absolute Gasteiger partial charge is 0.270 e. The van der Waals surface area contributed by atoms with E-state index in [2.05, 4.69) is 107 Å². The predicted octanol–water partition coefficient (Wildman–Crippen LogP) is 11.9. The molecule has 21 nitrogen and oxygen atoms in total. The Labute approximate surface area is 542 Å². The summed E-state index contributed by atoms with van der Waals surface area (Å²) in [4.78, 5) is 49.9. The fourth-order valence-electron chi connectivity index (χ4n) is 15.5. The largest absolute Gasteiger partial charge is 0.462 e. The van der Waals surface area contributed by atoms with E-state index in [9.17, 15) is 30.3 Å². The number of rotatable bonds is 9. The van der Waals surface area contributed by atoms with Crippen LogP contribution >= 0.6 is 0 Å². The lowest BCUT2D eigenvalue weighted by atomic mass is 9.76. The van der Waals surface area contributed by atoms with E-state index in [-0.39, 0.29) is 51.5 Å². The van der Waals surface area contributed by atoms with Gasteiger partial charge in [-0.05, 0) is 113 Å². The van der Waals surface area contributed by atoms with Gasteiger partial charge in [0.15, 0.2) is 0 Å². The van der Waals surface area contributed by atoms with Crippen LogP contribution in [0.15, 0.2) is 127 Å². The SMILES string of the molecule is CN1c2ccccc2C(C)(C)C12C=Cc1cc([N+](=O)[O-])cc(CN3CCOCCN(Cc4cc([N+](=O)[O-])cc5c4OC4(C=C5)N(C)c5ccccc5C4(C)C)CCOCCN(Cc4cc([N+](=O)[O-])cc5c4OC4(C=C5)N(C)c5ccccc5C4(C)C)CCOCC3)c1O2. The molecule has 3 spiro atoms. The molecule has 0 N–H and O–H groups in total. The molecule has 1 saturated heterocycles. The number of fused-ring (bicyclic) bond motifs is 6. The highest BCUT2D eigenvalue weighted by molar-refractivity contribution is 5.77. The molecule has 6 aromatic carbocycles. The first-order valence-corrected chi connectivity index (χ1v) is 32.0. The minimum absolute atomic E-state index is 0.0512. The van der Waals surface area contributed by atoms with Crippen molar-refractivity contribution in [3.8, 4) is 17.2 Å². The van der Waals surface area contributed by atoms with Gasteiger partial charge in [0.1, 0.15) is 17.2 Å². The molecule has 1 fully saturated rings. The summed E-state index contributed by atoms with van der Waals surface area (Å²) in [7, 11) is 6.06. The van der Waals surface area contributed by atoms with Crippen molar-refractivity contribution >= 4 is 52.4 Å². The molecule has 7 heterocycles. The lowest BCUT2D eigenvalue weighted by molar-refractivity contribution is -0.385. The van der Waals surface area contributed by atoms with Crippen molar-refractivity contribution in [1.29, 1.82) is 0 Å². The molecule has 0 amide bonds. The van der Waals surface area contributed by atoms with Crippen LogP contribution in [0.25, 0.3) is 18.2 Å². The molecule has 6 aromatic rings. The van der Waals surface area contributed by atoms with Gasteiger partial charge in [-0.2, -0.15) is 0 Å². The monoisotopic (exact) mass is 1260 g/mol. The first-order chi connectivity index (χ1) is 44.5. The number of hydrogen-bond donors (Lipinski definition) is 0. The summed E-state index contributed by atoms with van der Waals surface area (Å²) in [5.41, 5.74) is 5.74. The Bertz CT molecular complexity index is 3630. The molecule has 486 valence electrons. The van der Waals surface area contributed by atoms with Crippen LogP contribution in [-0.2, 0) is 50.1 Å². The van der Waals surface area contributed by atoms with Gasteiger partial charge >= 0.3 is 0 Å². The Kier molecular flexibility index (Phi) is 16.3. The highest BCUT2D eigenvalue weighted by atomic mass is 16.6. The number of non-ortho nitro benzene ring substituents is 3. The molecule has 0 saturated carbocycles. The highest BCUT2D eigenvalue weighted by Crippen LogP contribution is 2.58. The van der Waals surface area contributed by atoms with E-state index < -0.39 is 33.4 Å². The van der Waals surface area contributed by atoms with Crippen molar-refractivity contribution in [2.75, 3.05) is 115 Å².